The molecule has 2 atom stereocenters. The number of piperidine rings is 1. The van der Waals surface area contributed by atoms with Crippen LogP contribution in [0.2, 0.25) is 0 Å². The number of hydrogen-bond acceptors (Lipinski definition) is 4. The highest BCUT2D eigenvalue weighted by Gasteiger charge is 2.28. The Morgan fingerprint density at radius 2 is 1.92 bits per heavy atom. The van der Waals surface area contributed by atoms with Crippen molar-refractivity contribution in [2.75, 3.05) is 26.7 Å². The number of methoxy groups -OCH3 is 1. The largest absolute Gasteiger partial charge is 0.496 e. The zero-order chi connectivity index (χ0) is 17.9. The Kier molecular flexibility index (Phi) is 5.87. The van der Waals surface area contributed by atoms with Crippen LogP contribution in [0.4, 0.5) is 0 Å². The van der Waals surface area contributed by atoms with E-state index in [4.69, 9.17) is 4.74 Å². The van der Waals surface area contributed by atoms with E-state index in [1.54, 1.807) is 11.8 Å². The Labute approximate surface area is 144 Å². The molecule has 2 rings (SSSR count). The Hall–Kier alpha value is -1.60. The van der Waals surface area contributed by atoms with Gasteiger partial charge in [0.2, 0.25) is 10.0 Å². The topological polar surface area (TPSA) is 75.7 Å². The second kappa shape index (κ2) is 7.53. The van der Waals surface area contributed by atoms with Gasteiger partial charge < -0.3 is 9.64 Å². The van der Waals surface area contributed by atoms with Gasteiger partial charge in [-0.25, -0.2) is 13.1 Å². The number of nitrogens with zero attached hydrogens (tertiary/aromatic N) is 1. The summed E-state index contributed by atoms with van der Waals surface area (Å²) < 4.78 is 32.1. The monoisotopic (exact) mass is 354 g/mol. The van der Waals surface area contributed by atoms with Crippen molar-refractivity contribution < 1.29 is 17.9 Å². The number of carbonyl (C=O) groups excluding carboxylic acids is 1. The summed E-state index contributed by atoms with van der Waals surface area (Å²) >= 11 is 0. The third-order valence-corrected chi connectivity index (χ3v) is 5.75. The van der Waals surface area contributed by atoms with Gasteiger partial charge in [-0.05, 0) is 36.5 Å². The first-order valence-corrected chi connectivity index (χ1v) is 9.73. The fourth-order valence-corrected chi connectivity index (χ4v) is 4.36. The second-order valence-corrected chi connectivity index (χ2v) is 8.29. The molecule has 2 unspecified atom stereocenters. The van der Waals surface area contributed by atoms with E-state index in [0.717, 1.165) is 6.42 Å². The first kappa shape index (κ1) is 18.7. The Morgan fingerprint density at radius 1 is 1.29 bits per heavy atom. The second-order valence-electron chi connectivity index (χ2n) is 6.52. The summed E-state index contributed by atoms with van der Waals surface area (Å²) in [6.45, 7) is 7.61. The molecular formula is C17H26N2O4S. The van der Waals surface area contributed by atoms with Crippen LogP contribution in [0.1, 0.15) is 37.6 Å². The molecule has 0 spiro atoms. The summed E-state index contributed by atoms with van der Waals surface area (Å²) in [6, 6.07) is 4.40. The van der Waals surface area contributed by atoms with E-state index in [9.17, 15) is 13.2 Å². The van der Waals surface area contributed by atoms with Gasteiger partial charge in [0.25, 0.3) is 5.91 Å². The number of nitrogens with one attached hydrogen (secondary N) is 1. The Bertz CT molecular complexity index is 693. The van der Waals surface area contributed by atoms with Gasteiger partial charge in [0, 0.05) is 19.6 Å². The van der Waals surface area contributed by atoms with Crippen LogP contribution < -0.4 is 9.46 Å². The fourth-order valence-electron chi connectivity index (χ4n) is 3.29. The molecule has 6 nitrogen and oxygen atoms in total. The maximum absolute atomic E-state index is 12.9. The molecule has 1 aromatic carbocycles. The number of amides is 1. The van der Waals surface area contributed by atoms with Crippen molar-refractivity contribution in [1.82, 2.24) is 9.62 Å². The predicted octanol–water partition coefficient (Wildman–Crippen LogP) is 2.11. The minimum atomic E-state index is -3.62. The highest BCUT2D eigenvalue weighted by Crippen LogP contribution is 2.27. The van der Waals surface area contributed by atoms with Crippen molar-refractivity contribution in [2.24, 2.45) is 11.8 Å². The molecule has 24 heavy (non-hydrogen) atoms. The highest BCUT2D eigenvalue weighted by atomic mass is 32.2. The summed E-state index contributed by atoms with van der Waals surface area (Å²) in [5.41, 5.74) is 0.290. The van der Waals surface area contributed by atoms with Gasteiger partial charge in [-0.1, -0.05) is 20.8 Å². The van der Waals surface area contributed by atoms with Gasteiger partial charge in [-0.2, -0.15) is 0 Å². The quantitative estimate of drug-likeness (QED) is 0.879. The first-order chi connectivity index (χ1) is 11.3. The fraction of sp³-hybridized carbons (Fsp3) is 0.588. The van der Waals surface area contributed by atoms with E-state index in [1.165, 1.54) is 25.3 Å². The van der Waals surface area contributed by atoms with Gasteiger partial charge in [-0.3, -0.25) is 4.79 Å². The van der Waals surface area contributed by atoms with Crippen molar-refractivity contribution in [2.45, 2.75) is 32.1 Å². The molecule has 1 fully saturated rings. The summed E-state index contributed by atoms with van der Waals surface area (Å²) in [7, 11) is -2.14. The van der Waals surface area contributed by atoms with Crippen LogP contribution in [0, 0.1) is 11.8 Å². The van der Waals surface area contributed by atoms with Crippen LogP contribution in [-0.2, 0) is 10.0 Å². The molecule has 1 heterocycles. The summed E-state index contributed by atoms with van der Waals surface area (Å²) in [5.74, 6) is 1.06. The molecule has 0 aliphatic carbocycles. The van der Waals surface area contributed by atoms with Gasteiger partial charge in [-0.15, -0.1) is 0 Å². The van der Waals surface area contributed by atoms with Crippen molar-refractivity contribution in [3.8, 4) is 5.75 Å². The number of sulfonamides is 1. The van der Waals surface area contributed by atoms with Gasteiger partial charge in [0.05, 0.1) is 17.6 Å². The lowest BCUT2D eigenvalue weighted by molar-refractivity contribution is 0.0619. The van der Waals surface area contributed by atoms with E-state index >= 15 is 0 Å². The third kappa shape index (κ3) is 4.08. The van der Waals surface area contributed by atoms with Crippen LogP contribution in [0.3, 0.4) is 0 Å². The van der Waals surface area contributed by atoms with Gasteiger partial charge in [0.15, 0.2) is 0 Å². The minimum Gasteiger partial charge on any atom is -0.496 e. The summed E-state index contributed by atoms with van der Waals surface area (Å²) in [4.78, 5) is 14.8. The zero-order valence-corrected chi connectivity index (χ0v) is 15.5. The molecule has 1 aromatic rings. The average Bonchev–Trinajstić information content (AvgIpc) is 2.52. The summed E-state index contributed by atoms with van der Waals surface area (Å²) in [5, 5.41) is 0. The molecule has 0 aromatic heterocycles. The van der Waals surface area contributed by atoms with Crippen molar-refractivity contribution >= 4 is 15.9 Å². The van der Waals surface area contributed by atoms with Crippen molar-refractivity contribution in [1.29, 1.82) is 0 Å². The number of likely N-dealkylation sites (tertiary alicyclic amines) is 1. The number of benzene rings is 1. The molecule has 1 amide bonds. The van der Waals surface area contributed by atoms with E-state index in [2.05, 4.69) is 18.6 Å². The van der Waals surface area contributed by atoms with Crippen molar-refractivity contribution in [3.63, 3.8) is 0 Å². The standard InChI is InChI=1S/C17H26N2O4S/c1-5-18-24(21,22)14-6-7-16(23-4)15(9-14)17(20)19-10-12(2)8-13(3)11-19/h6-7,9,12-13,18H,5,8,10-11H2,1-4H3. The highest BCUT2D eigenvalue weighted by molar-refractivity contribution is 7.89. The maximum atomic E-state index is 12.9. The third-order valence-electron chi connectivity index (χ3n) is 4.20. The van der Waals surface area contributed by atoms with Crippen LogP contribution >= 0.6 is 0 Å². The Morgan fingerprint density at radius 3 is 2.46 bits per heavy atom. The van der Waals surface area contributed by atoms with E-state index in [0.29, 0.717) is 37.2 Å². The van der Waals surface area contributed by atoms with Gasteiger partial charge >= 0.3 is 0 Å². The maximum Gasteiger partial charge on any atom is 0.257 e. The summed E-state index contributed by atoms with van der Waals surface area (Å²) in [6.07, 6.45) is 1.09. The predicted molar refractivity (Wildman–Crippen MR) is 92.7 cm³/mol. The van der Waals surface area contributed by atoms with Crippen LogP contribution in [0.15, 0.2) is 23.1 Å². The SMILES string of the molecule is CCNS(=O)(=O)c1ccc(OC)c(C(=O)N2CC(C)CC(C)C2)c1. The molecule has 0 saturated carbocycles. The van der Waals surface area contributed by atoms with E-state index < -0.39 is 10.0 Å². The van der Waals surface area contributed by atoms with E-state index in [-0.39, 0.29) is 16.4 Å². The molecular weight excluding hydrogens is 328 g/mol. The molecule has 134 valence electrons. The Balaban J connectivity index is 2.38. The number of ether oxygens (including phenoxy) is 1. The molecule has 1 saturated heterocycles. The lowest BCUT2D eigenvalue weighted by Crippen LogP contribution is -2.42. The van der Waals surface area contributed by atoms with Crippen LogP contribution in [0.5, 0.6) is 5.75 Å². The number of hydrogen-bond donors (Lipinski definition) is 1. The molecule has 7 heteroatoms. The van der Waals surface area contributed by atoms with Crippen molar-refractivity contribution in [3.05, 3.63) is 23.8 Å². The minimum absolute atomic E-state index is 0.0756. The molecule has 1 N–H and O–H groups in total. The van der Waals surface area contributed by atoms with Gasteiger partial charge in [0.1, 0.15) is 5.75 Å². The van der Waals surface area contributed by atoms with Crippen LogP contribution in [0.25, 0.3) is 0 Å². The first-order valence-electron chi connectivity index (χ1n) is 8.25. The average molecular weight is 354 g/mol. The number of carbonyl (C=O) groups is 1. The molecule has 0 radical (unpaired) electrons. The number of rotatable bonds is 5. The van der Waals surface area contributed by atoms with Crippen LogP contribution in [-0.4, -0.2) is 46.0 Å². The molecule has 1 aliphatic heterocycles. The normalized spacial score (nSPS) is 21.6. The van der Waals surface area contributed by atoms with E-state index in [1.807, 2.05) is 0 Å². The molecule has 1 aliphatic rings. The molecule has 0 bridgehead atoms. The lowest BCUT2D eigenvalue weighted by Gasteiger charge is -2.35. The smallest absolute Gasteiger partial charge is 0.257 e. The zero-order valence-electron chi connectivity index (χ0n) is 14.7. The lowest BCUT2D eigenvalue weighted by atomic mass is 9.91.